The van der Waals surface area contributed by atoms with Gasteiger partial charge in [-0.05, 0) is 44.0 Å². The van der Waals surface area contributed by atoms with Crippen molar-refractivity contribution in [3.63, 3.8) is 0 Å². The van der Waals surface area contributed by atoms with Crippen molar-refractivity contribution in [2.75, 3.05) is 39.8 Å². The summed E-state index contributed by atoms with van der Waals surface area (Å²) in [7, 11) is -1.99. The number of ether oxygens (including phenoxy) is 1. The number of esters is 1. The highest BCUT2D eigenvalue weighted by atomic mass is 32.2. The van der Waals surface area contributed by atoms with Gasteiger partial charge in [0.05, 0.1) is 23.1 Å². The maximum absolute atomic E-state index is 13.2. The Hall–Kier alpha value is -3.21. The fourth-order valence-corrected chi connectivity index (χ4v) is 6.63. The summed E-state index contributed by atoms with van der Waals surface area (Å²) in [5.41, 5.74) is 2.73. The zero-order chi connectivity index (χ0) is 26.7. The minimum atomic E-state index is -3.62. The van der Waals surface area contributed by atoms with E-state index in [9.17, 15) is 18.0 Å². The summed E-state index contributed by atoms with van der Waals surface area (Å²) in [6.45, 7) is 7.30. The number of carbonyl (C=O) groups is 2. The largest absolute Gasteiger partial charge is 0.463 e. The van der Waals surface area contributed by atoms with Crippen molar-refractivity contribution in [2.45, 2.75) is 37.8 Å². The molecular formula is C27H34N4O5S. The van der Waals surface area contributed by atoms with E-state index >= 15 is 0 Å². The van der Waals surface area contributed by atoms with Crippen molar-refractivity contribution in [3.8, 4) is 0 Å². The third-order valence-electron chi connectivity index (χ3n) is 6.95. The molecule has 0 aliphatic carbocycles. The maximum atomic E-state index is 13.2. The number of urea groups is 1. The molecule has 0 spiro atoms. The molecule has 9 nitrogen and oxygen atoms in total. The molecule has 2 amide bonds. The lowest BCUT2D eigenvalue weighted by atomic mass is 9.91. The number of sulfonamides is 1. The van der Waals surface area contributed by atoms with Gasteiger partial charge in [0.25, 0.3) is 0 Å². The molecule has 1 saturated heterocycles. The van der Waals surface area contributed by atoms with Gasteiger partial charge in [0.1, 0.15) is 0 Å². The van der Waals surface area contributed by atoms with Gasteiger partial charge in [0, 0.05) is 45.0 Å². The minimum absolute atomic E-state index is 0.209. The number of rotatable bonds is 7. The van der Waals surface area contributed by atoms with Gasteiger partial charge >= 0.3 is 12.0 Å². The van der Waals surface area contributed by atoms with Crippen molar-refractivity contribution in [2.24, 2.45) is 0 Å². The number of benzene rings is 2. The monoisotopic (exact) mass is 526 g/mol. The predicted octanol–water partition coefficient (Wildman–Crippen LogP) is 2.90. The highest BCUT2D eigenvalue weighted by Gasteiger charge is 2.39. The molecule has 2 unspecified atom stereocenters. The first-order valence-corrected chi connectivity index (χ1v) is 13.9. The van der Waals surface area contributed by atoms with E-state index in [0.717, 1.165) is 11.1 Å². The van der Waals surface area contributed by atoms with Gasteiger partial charge in [-0.2, -0.15) is 4.31 Å². The van der Waals surface area contributed by atoms with E-state index in [1.54, 1.807) is 44.3 Å². The number of nitrogens with one attached hydrogen (secondary N) is 1. The van der Waals surface area contributed by atoms with Crippen LogP contribution in [0, 0.1) is 6.92 Å². The van der Waals surface area contributed by atoms with Crippen LogP contribution in [-0.4, -0.2) is 80.4 Å². The molecule has 4 rings (SSSR count). The summed E-state index contributed by atoms with van der Waals surface area (Å²) in [6, 6.07) is 14.8. The summed E-state index contributed by atoms with van der Waals surface area (Å²) in [4.78, 5) is 30.0. The van der Waals surface area contributed by atoms with Crippen LogP contribution in [0.1, 0.15) is 31.0 Å². The number of piperazine rings is 1. The Morgan fingerprint density at radius 2 is 1.76 bits per heavy atom. The number of likely N-dealkylation sites (N-methyl/N-ethyl adjacent to an activating group) is 1. The Bertz CT molecular complexity index is 1290. The Labute approximate surface area is 218 Å². The van der Waals surface area contributed by atoms with Crippen LogP contribution in [0.3, 0.4) is 0 Å². The maximum Gasteiger partial charge on any atom is 0.338 e. The number of amides is 2. The minimum Gasteiger partial charge on any atom is -0.463 e. The smallest absolute Gasteiger partial charge is 0.338 e. The first-order valence-electron chi connectivity index (χ1n) is 12.4. The van der Waals surface area contributed by atoms with Crippen LogP contribution in [-0.2, 0) is 19.6 Å². The highest BCUT2D eigenvalue weighted by Crippen LogP contribution is 2.33. The van der Waals surface area contributed by atoms with Gasteiger partial charge in [-0.1, -0.05) is 42.5 Å². The fourth-order valence-electron chi connectivity index (χ4n) is 5.00. The van der Waals surface area contributed by atoms with E-state index in [0.29, 0.717) is 37.4 Å². The van der Waals surface area contributed by atoms with Crippen LogP contribution in [0.2, 0.25) is 0 Å². The third kappa shape index (κ3) is 5.41. The molecule has 2 aliphatic rings. The molecule has 2 aromatic rings. The van der Waals surface area contributed by atoms with Gasteiger partial charge in [-0.15, -0.1) is 0 Å². The SMILES string of the molecule is CCOC(=O)C1=C(CN2CCN(S(=O)(=O)c3ccccc3)C(C)C2)N(C)C(=O)NC1c1ccccc1C. The number of carbonyl (C=O) groups excluding carboxylic acids is 2. The Kier molecular flexibility index (Phi) is 8.01. The second-order valence-electron chi connectivity index (χ2n) is 9.39. The summed E-state index contributed by atoms with van der Waals surface area (Å²) in [5.74, 6) is -0.476. The van der Waals surface area contributed by atoms with Crippen LogP contribution in [0.25, 0.3) is 0 Å². The van der Waals surface area contributed by atoms with Gasteiger partial charge in [0.2, 0.25) is 10.0 Å². The molecule has 2 aliphatic heterocycles. The van der Waals surface area contributed by atoms with Crippen molar-refractivity contribution < 1.29 is 22.7 Å². The van der Waals surface area contributed by atoms with Crippen LogP contribution in [0.4, 0.5) is 4.79 Å². The zero-order valence-corrected chi connectivity index (χ0v) is 22.5. The van der Waals surface area contributed by atoms with Crippen LogP contribution in [0.5, 0.6) is 0 Å². The second-order valence-corrected chi connectivity index (χ2v) is 11.3. The summed E-state index contributed by atoms with van der Waals surface area (Å²) in [5, 5.41) is 2.96. The Morgan fingerprint density at radius 3 is 2.41 bits per heavy atom. The summed E-state index contributed by atoms with van der Waals surface area (Å²) >= 11 is 0. The third-order valence-corrected chi connectivity index (χ3v) is 8.97. The van der Waals surface area contributed by atoms with Crippen molar-refractivity contribution in [3.05, 3.63) is 77.0 Å². The van der Waals surface area contributed by atoms with Crippen molar-refractivity contribution in [1.29, 1.82) is 0 Å². The molecule has 2 heterocycles. The van der Waals surface area contributed by atoms with Gasteiger partial charge in [0.15, 0.2) is 0 Å². The molecule has 0 saturated carbocycles. The first kappa shape index (κ1) is 26.8. The molecular weight excluding hydrogens is 492 g/mol. The second kappa shape index (κ2) is 11.0. The van der Waals surface area contributed by atoms with Gasteiger partial charge in [-0.3, -0.25) is 9.80 Å². The molecule has 1 N–H and O–H groups in total. The zero-order valence-electron chi connectivity index (χ0n) is 21.7. The molecule has 37 heavy (non-hydrogen) atoms. The summed E-state index contributed by atoms with van der Waals surface area (Å²) < 4.78 is 33.4. The lowest BCUT2D eigenvalue weighted by Gasteiger charge is -2.41. The average molecular weight is 527 g/mol. The number of hydrogen-bond donors (Lipinski definition) is 1. The van der Waals surface area contributed by atoms with E-state index in [-0.39, 0.29) is 23.6 Å². The normalized spacial score (nSPS) is 21.6. The molecule has 10 heteroatoms. The number of hydrogen-bond acceptors (Lipinski definition) is 6. The fraction of sp³-hybridized carbons (Fsp3) is 0.407. The van der Waals surface area contributed by atoms with E-state index in [1.807, 2.05) is 38.1 Å². The summed E-state index contributed by atoms with van der Waals surface area (Å²) in [6.07, 6.45) is 0. The van der Waals surface area contributed by atoms with Gasteiger partial charge < -0.3 is 10.1 Å². The van der Waals surface area contributed by atoms with Crippen molar-refractivity contribution >= 4 is 22.0 Å². The molecule has 2 atom stereocenters. The van der Waals surface area contributed by atoms with E-state index in [4.69, 9.17) is 4.74 Å². The lowest BCUT2D eigenvalue weighted by Crippen LogP contribution is -2.56. The number of nitrogens with zero attached hydrogens (tertiary/aromatic N) is 3. The van der Waals surface area contributed by atoms with Crippen LogP contribution in [0.15, 0.2) is 70.8 Å². The molecule has 0 aromatic heterocycles. The quantitative estimate of drug-likeness (QED) is 0.557. The molecule has 2 aromatic carbocycles. The Morgan fingerprint density at radius 1 is 1.08 bits per heavy atom. The van der Waals surface area contributed by atoms with E-state index in [2.05, 4.69) is 10.2 Å². The van der Waals surface area contributed by atoms with Gasteiger partial charge in [-0.25, -0.2) is 18.0 Å². The first-order chi connectivity index (χ1) is 17.6. The Balaban J connectivity index is 1.64. The molecule has 0 bridgehead atoms. The molecule has 1 fully saturated rings. The van der Waals surface area contributed by atoms with Crippen LogP contribution < -0.4 is 5.32 Å². The van der Waals surface area contributed by atoms with Crippen LogP contribution >= 0.6 is 0 Å². The molecule has 0 radical (unpaired) electrons. The lowest BCUT2D eigenvalue weighted by molar-refractivity contribution is -0.139. The highest BCUT2D eigenvalue weighted by molar-refractivity contribution is 7.89. The average Bonchev–Trinajstić information content (AvgIpc) is 2.87. The van der Waals surface area contributed by atoms with E-state index < -0.39 is 22.0 Å². The molecule has 198 valence electrons. The topological polar surface area (TPSA) is 99.3 Å². The number of aryl methyl sites for hydroxylation is 1. The predicted molar refractivity (Wildman–Crippen MR) is 140 cm³/mol. The van der Waals surface area contributed by atoms with E-state index in [1.165, 1.54) is 9.21 Å². The standard InChI is InChI=1S/C27H34N4O5S/c1-5-36-26(32)24-23(29(4)27(33)28-25(24)22-14-10-9-11-19(22)2)18-30-15-16-31(20(3)17-30)37(34,35)21-12-7-6-8-13-21/h6-14,20,25H,5,15-18H2,1-4H3,(H,28,33). The van der Waals surface area contributed by atoms with Crippen molar-refractivity contribution in [1.82, 2.24) is 19.4 Å².